The van der Waals surface area contributed by atoms with Gasteiger partial charge in [-0.15, -0.1) is 0 Å². The molecule has 0 saturated heterocycles. The summed E-state index contributed by atoms with van der Waals surface area (Å²) in [7, 11) is 0. The standard InChI is InChI=1S/C22H21ClF3N3O2/c1-11(2)10-29(22(31)28-13-4-6-17(24)16(23)8-13)12(3)15-9-27-21(30)19-14(15)5-7-18(25)20(19)26/h4-9,11-12H,10H2,1-3H3,(H,27,30)(H,28,31)/t12-/m1/s1. The number of rotatable bonds is 5. The number of hydrogen-bond acceptors (Lipinski definition) is 2. The summed E-state index contributed by atoms with van der Waals surface area (Å²) < 4.78 is 41.4. The minimum absolute atomic E-state index is 0.0770. The average Bonchev–Trinajstić information content (AvgIpc) is 2.71. The average molecular weight is 452 g/mol. The van der Waals surface area contributed by atoms with Gasteiger partial charge in [-0.05, 0) is 48.1 Å². The van der Waals surface area contributed by atoms with Gasteiger partial charge in [0.1, 0.15) is 5.82 Å². The molecule has 0 aliphatic heterocycles. The number of aromatic amines is 1. The van der Waals surface area contributed by atoms with Crippen molar-refractivity contribution < 1.29 is 18.0 Å². The first-order chi connectivity index (χ1) is 14.6. The summed E-state index contributed by atoms with van der Waals surface area (Å²) in [5, 5.41) is 2.35. The van der Waals surface area contributed by atoms with Crippen LogP contribution in [0.15, 0.2) is 41.3 Å². The van der Waals surface area contributed by atoms with Crippen LogP contribution in [0.4, 0.5) is 23.7 Å². The van der Waals surface area contributed by atoms with E-state index in [4.69, 9.17) is 11.6 Å². The van der Waals surface area contributed by atoms with Crippen molar-refractivity contribution in [3.05, 3.63) is 74.9 Å². The normalized spacial score (nSPS) is 12.3. The lowest BCUT2D eigenvalue weighted by Gasteiger charge is -2.31. The molecule has 164 valence electrons. The number of H-pyrrole nitrogens is 1. The Morgan fingerprint density at radius 2 is 1.81 bits per heavy atom. The third-order valence-electron chi connectivity index (χ3n) is 4.90. The maximum Gasteiger partial charge on any atom is 0.322 e. The van der Waals surface area contributed by atoms with Crippen molar-refractivity contribution >= 4 is 34.1 Å². The number of carbonyl (C=O) groups is 1. The first kappa shape index (κ1) is 22.7. The molecule has 1 heterocycles. The maximum atomic E-state index is 14.3. The quantitative estimate of drug-likeness (QED) is 0.511. The summed E-state index contributed by atoms with van der Waals surface area (Å²) in [6.45, 7) is 5.88. The van der Waals surface area contributed by atoms with Gasteiger partial charge in [-0.1, -0.05) is 31.5 Å². The Morgan fingerprint density at radius 1 is 1.13 bits per heavy atom. The zero-order valence-electron chi connectivity index (χ0n) is 17.1. The molecular weight excluding hydrogens is 431 g/mol. The van der Waals surface area contributed by atoms with E-state index in [9.17, 15) is 22.8 Å². The highest BCUT2D eigenvalue weighted by molar-refractivity contribution is 6.31. The molecule has 0 aliphatic carbocycles. The van der Waals surface area contributed by atoms with Crippen LogP contribution in [0.5, 0.6) is 0 Å². The Balaban J connectivity index is 2.02. The summed E-state index contributed by atoms with van der Waals surface area (Å²) in [5.74, 6) is -2.91. The molecule has 5 nitrogen and oxygen atoms in total. The molecule has 1 atom stereocenters. The third-order valence-corrected chi connectivity index (χ3v) is 5.19. The fraction of sp³-hybridized carbons (Fsp3) is 0.273. The number of benzene rings is 2. The first-order valence-corrected chi connectivity index (χ1v) is 10.00. The number of hydrogen-bond donors (Lipinski definition) is 2. The van der Waals surface area contributed by atoms with Crippen molar-refractivity contribution in [2.24, 2.45) is 5.92 Å². The molecule has 31 heavy (non-hydrogen) atoms. The van der Waals surface area contributed by atoms with Crippen LogP contribution in [-0.2, 0) is 0 Å². The predicted octanol–water partition coefficient (Wildman–Crippen LogP) is 5.85. The highest BCUT2D eigenvalue weighted by atomic mass is 35.5. The van der Waals surface area contributed by atoms with Crippen molar-refractivity contribution in [3.63, 3.8) is 0 Å². The summed E-state index contributed by atoms with van der Waals surface area (Å²) in [4.78, 5) is 29.1. The van der Waals surface area contributed by atoms with Gasteiger partial charge in [0.25, 0.3) is 5.56 Å². The van der Waals surface area contributed by atoms with E-state index < -0.39 is 40.5 Å². The van der Waals surface area contributed by atoms with E-state index in [-0.39, 0.29) is 16.3 Å². The molecule has 3 aromatic rings. The number of pyridine rings is 1. The van der Waals surface area contributed by atoms with Crippen LogP contribution >= 0.6 is 11.6 Å². The summed E-state index contributed by atoms with van der Waals surface area (Å²) in [6, 6.07) is 4.97. The molecule has 0 radical (unpaired) electrons. The Morgan fingerprint density at radius 3 is 2.45 bits per heavy atom. The van der Waals surface area contributed by atoms with Crippen LogP contribution in [0.1, 0.15) is 32.4 Å². The van der Waals surface area contributed by atoms with E-state index >= 15 is 0 Å². The molecule has 2 aromatic carbocycles. The molecule has 9 heteroatoms. The van der Waals surface area contributed by atoms with Crippen molar-refractivity contribution in [2.75, 3.05) is 11.9 Å². The molecule has 0 saturated carbocycles. The number of aromatic nitrogens is 1. The van der Waals surface area contributed by atoms with Crippen LogP contribution < -0.4 is 10.9 Å². The first-order valence-electron chi connectivity index (χ1n) is 9.62. The fourth-order valence-corrected chi connectivity index (χ4v) is 3.58. The van der Waals surface area contributed by atoms with Gasteiger partial charge in [-0.2, -0.15) is 0 Å². The number of nitrogens with one attached hydrogen (secondary N) is 2. The third kappa shape index (κ3) is 4.69. The summed E-state index contributed by atoms with van der Waals surface area (Å²) in [6.07, 6.45) is 1.39. The van der Waals surface area contributed by atoms with Crippen LogP contribution in [0.3, 0.4) is 0 Å². The number of anilines is 1. The SMILES string of the molecule is CC(C)CN(C(=O)Nc1ccc(F)c(Cl)c1)[C@H](C)c1c[nH]c(=O)c2c(F)c(F)ccc12. The fourth-order valence-electron chi connectivity index (χ4n) is 3.40. The predicted molar refractivity (Wildman–Crippen MR) is 115 cm³/mol. The molecule has 2 N–H and O–H groups in total. The minimum Gasteiger partial charge on any atom is -0.328 e. The van der Waals surface area contributed by atoms with Crippen LogP contribution in [0, 0.1) is 23.4 Å². The Kier molecular flexibility index (Phi) is 6.59. The van der Waals surface area contributed by atoms with Gasteiger partial charge in [0.15, 0.2) is 11.6 Å². The lowest BCUT2D eigenvalue weighted by molar-refractivity contribution is 0.184. The lowest BCUT2D eigenvalue weighted by atomic mass is 10.00. The van der Waals surface area contributed by atoms with E-state index in [1.807, 2.05) is 13.8 Å². The summed E-state index contributed by atoms with van der Waals surface area (Å²) >= 11 is 5.79. The van der Waals surface area contributed by atoms with E-state index in [1.165, 1.54) is 29.3 Å². The van der Waals surface area contributed by atoms with Gasteiger partial charge < -0.3 is 15.2 Å². The molecule has 3 rings (SSSR count). The van der Waals surface area contributed by atoms with E-state index in [1.54, 1.807) is 6.92 Å². The van der Waals surface area contributed by atoms with Crippen molar-refractivity contribution in [2.45, 2.75) is 26.8 Å². The smallest absolute Gasteiger partial charge is 0.322 e. The van der Waals surface area contributed by atoms with E-state index in [0.717, 1.165) is 12.1 Å². The zero-order chi connectivity index (χ0) is 22.9. The summed E-state index contributed by atoms with van der Waals surface area (Å²) in [5.41, 5.74) is -0.0120. The highest BCUT2D eigenvalue weighted by Gasteiger charge is 2.26. The second-order valence-corrected chi connectivity index (χ2v) is 8.05. The Hall–Kier alpha value is -3.00. The number of nitrogens with zero attached hydrogens (tertiary/aromatic N) is 1. The number of halogens is 4. The van der Waals surface area contributed by atoms with Crippen LogP contribution in [0.2, 0.25) is 5.02 Å². The highest BCUT2D eigenvalue weighted by Crippen LogP contribution is 2.29. The molecule has 0 bridgehead atoms. The minimum atomic E-state index is -1.24. The molecule has 0 spiro atoms. The number of amides is 2. The molecule has 2 amide bonds. The number of carbonyl (C=O) groups excluding carboxylic acids is 1. The second-order valence-electron chi connectivity index (χ2n) is 7.64. The lowest BCUT2D eigenvalue weighted by Crippen LogP contribution is -2.39. The molecule has 0 aliphatic rings. The molecule has 1 aromatic heterocycles. The van der Waals surface area contributed by atoms with Gasteiger partial charge in [-0.25, -0.2) is 18.0 Å². The number of fused-ring (bicyclic) bond motifs is 1. The van der Waals surface area contributed by atoms with Gasteiger partial charge in [-0.3, -0.25) is 4.79 Å². The topological polar surface area (TPSA) is 65.2 Å². The van der Waals surface area contributed by atoms with E-state index in [2.05, 4.69) is 10.3 Å². The maximum absolute atomic E-state index is 14.3. The molecular formula is C22H21ClF3N3O2. The van der Waals surface area contributed by atoms with Gasteiger partial charge in [0.05, 0.1) is 16.5 Å². The van der Waals surface area contributed by atoms with Crippen LogP contribution in [-0.4, -0.2) is 22.5 Å². The van der Waals surface area contributed by atoms with Gasteiger partial charge in [0.2, 0.25) is 0 Å². The second kappa shape index (κ2) is 9.01. The number of urea groups is 1. The van der Waals surface area contributed by atoms with Gasteiger partial charge >= 0.3 is 6.03 Å². The van der Waals surface area contributed by atoms with Crippen molar-refractivity contribution in [1.29, 1.82) is 0 Å². The van der Waals surface area contributed by atoms with Crippen molar-refractivity contribution in [1.82, 2.24) is 9.88 Å². The Labute approximate surface area is 181 Å². The molecule has 0 fully saturated rings. The Bertz CT molecular complexity index is 1200. The van der Waals surface area contributed by atoms with Crippen LogP contribution in [0.25, 0.3) is 10.8 Å². The largest absolute Gasteiger partial charge is 0.328 e. The monoisotopic (exact) mass is 451 g/mol. The zero-order valence-corrected chi connectivity index (χ0v) is 17.9. The molecule has 0 unspecified atom stereocenters. The van der Waals surface area contributed by atoms with E-state index in [0.29, 0.717) is 17.8 Å². The van der Waals surface area contributed by atoms with Crippen molar-refractivity contribution in [3.8, 4) is 0 Å². The van der Waals surface area contributed by atoms with Gasteiger partial charge in [0, 0.05) is 18.4 Å².